The van der Waals surface area contributed by atoms with Gasteiger partial charge in [0.15, 0.2) is 0 Å². The number of para-hydroxylation sites is 1. The highest BCUT2D eigenvalue weighted by molar-refractivity contribution is 5.73. The smallest absolute Gasteiger partial charge is 0.314 e. The normalized spacial score (nSPS) is 10.1. The molecule has 0 aliphatic carbocycles. The molecule has 106 valence electrons. The molecule has 0 aliphatic rings. The summed E-state index contributed by atoms with van der Waals surface area (Å²) in [6.07, 6.45) is 0. The van der Waals surface area contributed by atoms with Gasteiger partial charge in [0.05, 0.1) is 13.2 Å². The third-order valence-electron chi connectivity index (χ3n) is 2.63. The number of benzene rings is 1. The molecule has 0 heterocycles. The standard InChI is InChI=1S/C14H22N2O3/c1-11-5-4-6-12(2)13(11)19-10-8-16-14(17)15-7-9-18-3/h4-6H,7-10H2,1-3H3,(H2,15,16,17). The summed E-state index contributed by atoms with van der Waals surface area (Å²) in [5, 5.41) is 5.39. The van der Waals surface area contributed by atoms with Gasteiger partial charge in [-0.05, 0) is 25.0 Å². The molecular formula is C14H22N2O3. The number of nitrogens with one attached hydrogen (secondary N) is 2. The van der Waals surface area contributed by atoms with Crippen molar-refractivity contribution in [2.24, 2.45) is 0 Å². The minimum atomic E-state index is -0.206. The molecule has 0 radical (unpaired) electrons. The molecule has 0 bridgehead atoms. The Labute approximate surface area is 114 Å². The van der Waals surface area contributed by atoms with Crippen molar-refractivity contribution in [2.45, 2.75) is 13.8 Å². The fourth-order valence-corrected chi connectivity index (χ4v) is 1.67. The predicted octanol–water partition coefficient (Wildman–Crippen LogP) is 1.63. The van der Waals surface area contributed by atoms with E-state index in [9.17, 15) is 4.79 Å². The summed E-state index contributed by atoms with van der Waals surface area (Å²) in [5.41, 5.74) is 2.20. The summed E-state index contributed by atoms with van der Waals surface area (Å²) in [4.78, 5) is 11.3. The van der Waals surface area contributed by atoms with Crippen molar-refractivity contribution in [1.82, 2.24) is 10.6 Å². The number of hydrogen-bond acceptors (Lipinski definition) is 3. The third-order valence-corrected chi connectivity index (χ3v) is 2.63. The van der Waals surface area contributed by atoms with E-state index in [-0.39, 0.29) is 6.03 Å². The fraction of sp³-hybridized carbons (Fsp3) is 0.500. The van der Waals surface area contributed by atoms with Gasteiger partial charge >= 0.3 is 6.03 Å². The van der Waals surface area contributed by atoms with E-state index in [1.807, 2.05) is 32.0 Å². The number of hydrogen-bond donors (Lipinski definition) is 2. The van der Waals surface area contributed by atoms with Crippen LogP contribution in [-0.2, 0) is 4.74 Å². The maximum Gasteiger partial charge on any atom is 0.314 e. The van der Waals surface area contributed by atoms with Gasteiger partial charge in [0.1, 0.15) is 12.4 Å². The monoisotopic (exact) mass is 266 g/mol. The predicted molar refractivity (Wildman–Crippen MR) is 74.7 cm³/mol. The van der Waals surface area contributed by atoms with E-state index in [1.165, 1.54) is 0 Å². The first-order chi connectivity index (χ1) is 9.15. The van der Waals surface area contributed by atoms with Crippen LogP contribution in [-0.4, -0.2) is 39.4 Å². The second kappa shape index (κ2) is 8.37. The summed E-state index contributed by atoms with van der Waals surface area (Å²) in [6.45, 7) is 5.93. The molecule has 0 saturated carbocycles. The molecule has 19 heavy (non-hydrogen) atoms. The van der Waals surface area contributed by atoms with E-state index < -0.39 is 0 Å². The summed E-state index contributed by atoms with van der Waals surface area (Å²) in [7, 11) is 1.60. The quantitative estimate of drug-likeness (QED) is 0.737. The fourth-order valence-electron chi connectivity index (χ4n) is 1.67. The Morgan fingerprint density at radius 2 is 1.68 bits per heavy atom. The molecule has 0 aliphatic heterocycles. The molecule has 5 nitrogen and oxygen atoms in total. The number of carbonyl (C=O) groups excluding carboxylic acids is 1. The molecule has 0 aromatic heterocycles. The second-order valence-electron chi connectivity index (χ2n) is 4.24. The third kappa shape index (κ3) is 5.61. The first-order valence-corrected chi connectivity index (χ1v) is 6.34. The highest BCUT2D eigenvalue weighted by Crippen LogP contribution is 2.21. The highest BCUT2D eigenvalue weighted by Gasteiger charge is 2.03. The molecule has 5 heteroatoms. The van der Waals surface area contributed by atoms with E-state index in [2.05, 4.69) is 10.6 Å². The van der Waals surface area contributed by atoms with Gasteiger partial charge in [-0.25, -0.2) is 4.79 Å². The maximum atomic E-state index is 11.3. The molecule has 1 aromatic carbocycles. The van der Waals surface area contributed by atoms with Gasteiger partial charge < -0.3 is 20.1 Å². The minimum Gasteiger partial charge on any atom is -0.491 e. The molecular weight excluding hydrogens is 244 g/mol. The van der Waals surface area contributed by atoms with Gasteiger partial charge in [-0.15, -0.1) is 0 Å². The topological polar surface area (TPSA) is 59.6 Å². The first-order valence-electron chi connectivity index (χ1n) is 6.34. The number of ether oxygens (including phenoxy) is 2. The van der Waals surface area contributed by atoms with Gasteiger partial charge in [0.2, 0.25) is 0 Å². The van der Waals surface area contributed by atoms with Crippen molar-refractivity contribution in [3.05, 3.63) is 29.3 Å². The van der Waals surface area contributed by atoms with Crippen molar-refractivity contribution in [3.8, 4) is 5.75 Å². The van der Waals surface area contributed by atoms with E-state index in [0.29, 0.717) is 26.3 Å². The minimum absolute atomic E-state index is 0.206. The summed E-state index contributed by atoms with van der Waals surface area (Å²) < 4.78 is 10.5. The number of urea groups is 1. The van der Waals surface area contributed by atoms with Gasteiger partial charge in [-0.3, -0.25) is 0 Å². The number of methoxy groups -OCH3 is 1. The van der Waals surface area contributed by atoms with Crippen LogP contribution in [0.4, 0.5) is 4.79 Å². The van der Waals surface area contributed by atoms with Crippen molar-refractivity contribution in [2.75, 3.05) is 33.4 Å². The number of carbonyl (C=O) groups is 1. The molecule has 2 N–H and O–H groups in total. The van der Waals surface area contributed by atoms with Gasteiger partial charge in [-0.1, -0.05) is 18.2 Å². The molecule has 0 unspecified atom stereocenters. The Kier molecular flexibility index (Phi) is 6.74. The molecule has 2 amide bonds. The second-order valence-corrected chi connectivity index (χ2v) is 4.24. The van der Waals surface area contributed by atoms with Gasteiger partial charge in [-0.2, -0.15) is 0 Å². The Morgan fingerprint density at radius 1 is 1.11 bits per heavy atom. The van der Waals surface area contributed by atoms with Crippen molar-refractivity contribution >= 4 is 6.03 Å². The Balaban J connectivity index is 2.22. The molecule has 0 atom stereocenters. The average molecular weight is 266 g/mol. The number of aryl methyl sites for hydroxylation is 2. The summed E-state index contributed by atoms with van der Waals surface area (Å²) in [6, 6.07) is 5.81. The van der Waals surface area contributed by atoms with Crippen LogP contribution >= 0.6 is 0 Å². The maximum absolute atomic E-state index is 11.3. The van der Waals surface area contributed by atoms with E-state index >= 15 is 0 Å². The average Bonchev–Trinajstić information content (AvgIpc) is 2.37. The van der Waals surface area contributed by atoms with E-state index in [0.717, 1.165) is 16.9 Å². The SMILES string of the molecule is COCCNC(=O)NCCOc1c(C)cccc1C. The van der Waals surface area contributed by atoms with E-state index in [1.54, 1.807) is 7.11 Å². The molecule has 1 rings (SSSR count). The Hall–Kier alpha value is -1.75. The molecule has 1 aromatic rings. The van der Waals surface area contributed by atoms with Gasteiger partial charge in [0, 0.05) is 13.7 Å². The van der Waals surface area contributed by atoms with Crippen LogP contribution < -0.4 is 15.4 Å². The Morgan fingerprint density at radius 3 is 2.26 bits per heavy atom. The lowest BCUT2D eigenvalue weighted by Crippen LogP contribution is -2.39. The first kappa shape index (κ1) is 15.3. The van der Waals surface area contributed by atoms with Crippen LogP contribution in [0.2, 0.25) is 0 Å². The molecule has 0 spiro atoms. The number of amides is 2. The van der Waals surface area contributed by atoms with Crippen LogP contribution in [0.25, 0.3) is 0 Å². The van der Waals surface area contributed by atoms with Crippen molar-refractivity contribution in [1.29, 1.82) is 0 Å². The largest absolute Gasteiger partial charge is 0.491 e. The lowest BCUT2D eigenvalue weighted by atomic mass is 10.1. The number of rotatable bonds is 7. The molecule has 0 fully saturated rings. The zero-order chi connectivity index (χ0) is 14.1. The zero-order valence-electron chi connectivity index (χ0n) is 11.8. The Bertz CT molecular complexity index is 387. The highest BCUT2D eigenvalue weighted by atomic mass is 16.5. The summed E-state index contributed by atoms with van der Waals surface area (Å²) >= 11 is 0. The van der Waals surface area contributed by atoms with Crippen LogP contribution in [0, 0.1) is 13.8 Å². The zero-order valence-corrected chi connectivity index (χ0v) is 11.8. The molecule has 0 saturated heterocycles. The van der Waals surface area contributed by atoms with Crippen molar-refractivity contribution in [3.63, 3.8) is 0 Å². The summed E-state index contributed by atoms with van der Waals surface area (Å²) in [5.74, 6) is 0.893. The van der Waals surface area contributed by atoms with Crippen molar-refractivity contribution < 1.29 is 14.3 Å². The van der Waals surface area contributed by atoms with E-state index in [4.69, 9.17) is 9.47 Å². The van der Waals surface area contributed by atoms with Crippen LogP contribution in [0.3, 0.4) is 0 Å². The van der Waals surface area contributed by atoms with Gasteiger partial charge in [0.25, 0.3) is 0 Å². The van der Waals surface area contributed by atoms with Crippen LogP contribution in [0.5, 0.6) is 5.75 Å². The van der Waals surface area contributed by atoms with Crippen LogP contribution in [0.15, 0.2) is 18.2 Å². The lowest BCUT2D eigenvalue weighted by Gasteiger charge is -2.12. The lowest BCUT2D eigenvalue weighted by molar-refractivity contribution is 0.195. The van der Waals surface area contributed by atoms with Crippen LogP contribution in [0.1, 0.15) is 11.1 Å².